The van der Waals surface area contributed by atoms with E-state index in [1.807, 2.05) is 24.3 Å². The summed E-state index contributed by atoms with van der Waals surface area (Å²) in [5.74, 6) is -0.0495. The minimum Gasteiger partial charge on any atom is -0.497 e. The van der Waals surface area contributed by atoms with Crippen LogP contribution in [0.4, 0.5) is 0 Å². The molecule has 0 spiro atoms. The second-order valence-electron chi connectivity index (χ2n) is 5.24. The summed E-state index contributed by atoms with van der Waals surface area (Å²) < 4.78 is 5.24. The molecular formula is C15H17NO3S. The van der Waals surface area contributed by atoms with Crippen LogP contribution in [0.25, 0.3) is 0 Å². The van der Waals surface area contributed by atoms with E-state index in [1.54, 1.807) is 18.9 Å². The Morgan fingerprint density at radius 2 is 2.30 bits per heavy atom. The maximum Gasteiger partial charge on any atom is 0.306 e. The molecule has 0 aromatic heterocycles. The number of carboxylic acids is 1. The standard InChI is InChI=1S/C15H17NO3S/c1-19-11-4-2-3-9(7-11)14-16-12-6-5-10(15(17)18)8-13(12)20-14/h2-4,7,10,12-13H,5-6,8H2,1H3,(H,17,18). The van der Waals surface area contributed by atoms with Crippen LogP contribution in [0.1, 0.15) is 24.8 Å². The fourth-order valence-electron chi connectivity index (χ4n) is 2.83. The number of fused-ring (bicyclic) bond motifs is 1. The van der Waals surface area contributed by atoms with E-state index < -0.39 is 5.97 Å². The van der Waals surface area contributed by atoms with Gasteiger partial charge in [-0.1, -0.05) is 12.1 Å². The molecule has 5 heteroatoms. The van der Waals surface area contributed by atoms with Crippen LogP contribution in [0.3, 0.4) is 0 Å². The number of aliphatic imine (C=N–C) groups is 1. The van der Waals surface area contributed by atoms with E-state index >= 15 is 0 Å². The predicted octanol–water partition coefficient (Wildman–Crippen LogP) is 2.81. The van der Waals surface area contributed by atoms with Gasteiger partial charge >= 0.3 is 5.97 Å². The van der Waals surface area contributed by atoms with E-state index in [1.165, 1.54) is 0 Å². The van der Waals surface area contributed by atoms with Crippen molar-refractivity contribution in [2.75, 3.05) is 7.11 Å². The van der Waals surface area contributed by atoms with Gasteiger partial charge in [0.05, 0.1) is 24.1 Å². The lowest BCUT2D eigenvalue weighted by Crippen LogP contribution is -2.31. The van der Waals surface area contributed by atoms with E-state index in [2.05, 4.69) is 0 Å². The van der Waals surface area contributed by atoms with Gasteiger partial charge in [-0.15, -0.1) is 11.8 Å². The van der Waals surface area contributed by atoms with Gasteiger partial charge in [-0.2, -0.15) is 0 Å². The highest BCUT2D eigenvalue weighted by Gasteiger charge is 2.38. The third-order valence-electron chi connectivity index (χ3n) is 3.97. The second-order valence-corrected chi connectivity index (χ2v) is 6.47. The maximum atomic E-state index is 11.1. The zero-order valence-corrected chi connectivity index (χ0v) is 12.1. The number of benzene rings is 1. The lowest BCUT2D eigenvalue weighted by atomic mass is 9.86. The van der Waals surface area contributed by atoms with E-state index in [-0.39, 0.29) is 12.0 Å². The van der Waals surface area contributed by atoms with E-state index in [0.29, 0.717) is 5.25 Å². The van der Waals surface area contributed by atoms with Crippen molar-refractivity contribution in [1.29, 1.82) is 0 Å². The largest absolute Gasteiger partial charge is 0.497 e. The number of ether oxygens (including phenoxy) is 1. The van der Waals surface area contributed by atoms with Crippen LogP contribution in [-0.4, -0.2) is 34.5 Å². The fourth-order valence-corrected chi connectivity index (χ4v) is 4.26. The van der Waals surface area contributed by atoms with Crippen molar-refractivity contribution in [1.82, 2.24) is 0 Å². The molecule has 20 heavy (non-hydrogen) atoms. The van der Waals surface area contributed by atoms with Crippen LogP contribution in [-0.2, 0) is 4.79 Å². The van der Waals surface area contributed by atoms with Gasteiger partial charge in [0.2, 0.25) is 0 Å². The van der Waals surface area contributed by atoms with Gasteiger partial charge in [-0.05, 0) is 31.4 Å². The van der Waals surface area contributed by atoms with Crippen LogP contribution in [0.15, 0.2) is 29.3 Å². The van der Waals surface area contributed by atoms with Gasteiger partial charge in [-0.25, -0.2) is 0 Å². The van der Waals surface area contributed by atoms with Crippen molar-refractivity contribution in [3.8, 4) is 5.75 Å². The van der Waals surface area contributed by atoms with Crippen molar-refractivity contribution >= 4 is 22.8 Å². The summed E-state index contributed by atoms with van der Waals surface area (Å²) in [5, 5.41) is 10.5. The summed E-state index contributed by atoms with van der Waals surface area (Å²) in [6.07, 6.45) is 2.34. The van der Waals surface area contributed by atoms with E-state index in [4.69, 9.17) is 14.8 Å². The molecule has 3 unspecified atom stereocenters. The Morgan fingerprint density at radius 3 is 3.05 bits per heavy atom. The Bertz CT molecular complexity index is 558. The third-order valence-corrected chi connectivity index (χ3v) is 5.34. The summed E-state index contributed by atoms with van der Waals surface area (Å²) in [6.45, 7) is 0. The molecule has 3 atom stereocenters. The van der Waals surface area contributed by atoms with Crippen molar-refractivity contribution in [3.63, 3.8) is 0 Å². The van der Waals surface area contributed by atoms with E-state index in [9.17, 15) is 4.79 Å². The number of hydrogen-bond donors (Lipinski definition) is 1. The van der Waals surface area contributed by atoms with Crippen molar-refractivity contribution in [2.24, 2.45) is 10.9 Å². The Balaban J connectivity index is 1.76. The number of methoxy groups -OCH3 is 1. The highest BCUT2D eigenvalue weighted by molar-refractivity contribution is 8.15. The number of thioether (sulfide) groups is 1. The zero-order valence-electron chi connectivity index (χ0n) is 11.3. The first-order valence-corrected chi connectivity index (χ1v) is 7.67. The Morgan fingerprint density at radius 1 is 1.45 bits per heavy atom. The summed E-state index contributed by atoms with van der Waals surface area (Å²) in [4.78, 5) is 15.9. The molecule has 1 aliphatic heterocycles. The average Bonchev–Trinajstić information content (AvgIpc) is 2.90. The quantitative estimate of drug-likeness (QED) is 0.930. The summed E-state index contributed by atoms with van der Waals surface area (Å²) in [7, 11) is 1.65. The number of aliphatic carboxylic acids is 1. The van der Waals surface area contributed by atoms with Crippen LogP contribution in [0, 0.1) is 5.92 Å². The summed E-state index contributed by atoms with van der Waals surface area (Å²) >= 11 is 1.72. The molecule has 1 fully saturated rings. The molecule has 1 aromatic carbocycles. The van der Waals surface area contributed by atoms with Crippen LogP contribution < -0.4 is 4.74 Å². The van der Waals surface area contributed by atoms with Gasteiger partial charge in [0.15, 0.2) is 0 Å². The topological polar surface area (TPSA) is 58.9 Å². The van der Waals surface area contributed by atoms with Crippen molar-refractivity contribution in [3.05, 3.63) is 29.8 Å². The smallest absolute Gasteiger partial charge is 0.306 e. The number of nitrogens with zero attached hydrogens (tertiary/aromatic N) is 1. The zero-order chi connectivity index (χ0) is 14.1. The summed E-state index contributed by atoms with van der Waals surface area (Å²) in [6, 6.07) is 8.16. The first kappa shape index (κ1) is 13.5. The highest BCUT2D eigenvalue weighted by atomic mass is 32.2. The van der Waals surface area contributed by atoms with Gasteiger partial charge < -0.3 is 9.84 Å². The molecule has 1 aliphatic carbocycles. The Hall–Kier alpha value is -1.49. The number of carboxylic acid groups (broad SMARTS) is 1. The minimum absolute atomic E-state index is 0.205. The molecule has 2 aliphatic rings. The monoisotopic (exact) mass is 291 g/mol. The Kier molecular flexibility index (Phi) is 3.70. The van der Waals surface area contributed by atoms with Crippen LogP contribution >= 0.6 is 11.8 Å². The molecule has 1 N–H and O–H groups in total. The van der Waals surface area contributed by atoms with Gasteiger partial charge in [0.25, 0.3) is 0 Å². The van der Waals surface area contributed by atoms with Crippen LogP contribution in [0.2, 0.25) is 0 Å². The fraction of sp³-hybridized carbons (Fsp3) is 0.467. The average molecular weight is 291 g/mol. The molecule has 106 valence electrons. The lowest BCUT2D eigenvalue weighted by Gasteiger charge is -2.27. The maximum absolute atomic E-state index is 11.1. The molecule has 0 bridgehead atoms. The number of hydrogen-bond acceptors (Lipinski definition) is 4. The minimum atomic E-state index is -0.668. The summed E-state index contributed by atoms with van der Waals surface area (Å²) in [5.41, 5.74) is 1.07. The molecule has 0 radical (unpaired) electrons. The van der Waals surface area contributed by atoms with Crippen molar-refractivity contribution < 1.29 is 14.6 Å². The molecule has 1 saturated carbocycles. The van der Waals surface area contributed by atoms with Gasteiger partial charge in [0, 0.05) is 10.8 Å². The SMILES string of the molecule is COc1cccc(C2=NC3CCC(C(=O)O)CC3S2)c1. The molecule has 1 heterocycles. The predicted molar refractivity (Wildman–Crippen MR) is 79.7 cm³/mol. The van der Waals surface area contributed by atoms with Gasteiger partial charge in [0.1, 0.15) is 5.75 Å². The lowest BCUT2D eigenvalue weighted by molar-refractivity contribution is -0.142. The van der Waals surface area contributed by atoms with Crippen molar-refractivity contribution in [2.45, 2.75) is 30.6 Å². The number of carbonyl (C=O) groups is 1. The Labute approximate surface area is 122 Å². The number of rotatable bonds is 3. The molecule has 3 rings (SSSR count). The van der Waals surface area contributed by atoms with E-state index in [0.717, 1.165) is 35.6 Å². The molecule has 1 aromatic rings. The van der Waals surface area contributed by atoms with Crippen LogP contribution in [0.5, 0.6) is 5.75 Å². The second kappa shape index (κ2) is 5.48. The molecule has 0 amide bonds. The first-order valence-electron chi connectivity index (χ1n) is 6.79. The normalized spacial score (nSPS) is 28.6. The highest BCUT2D eigenvalue weighted by Crippen LogP contribution is 2.41. The molecule has 4 nitrogen and oxygen atoms in total. The third kappa shape index (κ3) is 2.54. The van der Waals surface area contributed by atoms with Gasteiger partial charge in [-0.3, -0.25) is 9.79 Å². The molecular weight excluding hydrogens is 274 g/mol. The molecule has 0 saturated heterocycles. The first-order chi connectivity index (χ1) is 9.67.